The fourth-order valence-corrected chi connectivity index (χ4v) is 3.99. The first kappa shape index (κ1) is 19.3. The molecule has 1 saturated heterocycles. The minimum absolute atomic E-state index is 0.133. The van der Waals surface area contributed by atoms with Gasteiger partial charge in [-0.25, -0.2) is 0 Å². The van der Waals surface area contributed by atoms with Crippen LogP contribution in [0.4, 0.5) is 0 Å². The van der Waals surface area contributed by atoms with Gasteiger partial charge in [0.25, 0.3) is 17.7 Å². The first-order chi connectivity index (χ1) is 14.1. The summed E-state index contributed by atoms with van der Waals surface area (Å²) in [6, 6.07) is 14.0. The van der Waals surface area contributed by atoms with E-state index in [9.17, 15) is 14.4 Å². The normalized spacial score (nSPS) is 16.8. The molecule has 2 aliphatic rings. The molecule has 29 heavy (non-hydrogen) atoms. The third-order valence-electron chi connectivity index (χ3n) is 5.57. The molecule has 2 aromatic rings. The van der Waals surface area contributed by atoms with Gasteiger partial charge >= 0.3 is 0 Å². The molecule has 0 saturated carbocycles. The molecule has 150 valence electrons. The summed E-state index contributed by atoms with van der Waals surface area (Å²) >= 11 is 0. The van der Waals surface area contributed by atoms with Crippen molar-refractivity contribution >= 4 is 17.7 Å². The van der Waals surface area contributed by atoms with Crippen molar-refractivity contribution in [2.75, 3.05) is 26.2 Å². The van der Waals surface area contributed by atoms with Crippen LogP contribution in [0.3, 0.4) is 0 Å². The maximum atomic E-state index is 12.5. The number of carbonyl (C=O) groups is 3. The van der Waals surface area contributed by atoms with Crippen LogP contribution in [0.2, 0.25) is 0 Å². The number of benzene rings is 2. The molecule has 6 heteroatoms. The lowest BCUT2D eigenvalue weighted by molar-refractivity contribution is 0.0642. The third kappa shape index (κ3) is 4.22. The summed E-state index contributed by atoms with van der Waals surface area (Å²) in [5.41, 5.74) is 2.16. The number of amides is 3. The van der Waals surface area contributed by atoms with Gasteiger partial charge in [-0.1, -0.05) is 30.7 Å². The van der Waals surface area contributed by atoms with Crippen molar-refractivity contribution in [3.63, 3.8) is 0 Å². The summed E-state index contributed by atoms with van der Waals surface area (Å²) in [5, 5.41) is 2.97. The van der Waals surface area contributed by atoms with E-state index in [2.05, 4.69) is 10.2 Å². The molecule has 1 fully saturated rings. The first-order valence-electron chi connectivity index (χ1n) is 10.2. The first-order valence-corrected chi connectivity index (χ1v) is 10.2. The number of fused-ring (bicyclic) bond motifs is 1. The van der Waals surface area contributed by atoms with E-state index in [0.29, 0.717) is 23.2 Å². The maximum Gasteiger partial charge on any atom is 0.261 e. The van der Waals surface area contributed by atoms with Gasteiger partial charge in [-0.15, -0.1) is 0 Å². The van der Waals surface area contributed by atoms with E-state index in [-0.39, 0.29) is 24.3 Å². The molecule has 0 aromatic heterocycles. The minimum atomic E-state index is -0.290. The number of likely N-dealkylation sites (tertiary alicyclic amines) is 1. The van der Waals surface area contributed by atoms with Gasteiger partial charge in [0.1, 0.15) is 0 Å². The summed E-state index contributed by atoms with van der Waals surface area (Å²) in [5.74, 6) is -0.713. The van der Waals surface area contributed by atoms with Gasteiger partial charge in [0.05, 0.1) is 17.7 Å². The Morgan fingerprint density at radius 2 is 1.59 bits per heavy atom. The van der Waals surface area contributed by atoms with E-state index >= 15 is 0 Å². The van der Waals surface area contributed by atoms with Crippen molar-refractivity contribution in [1.29, 1.82) is 0 Å². The minimum Gasteiger partial charge on any atom is -0.351 e. The summed E-state index contributed by atoms with van der Waals surface area (Å²) in [6.45, 7) is 3.83. The van der Waals surface area contributed by atoms with Gasteiger partial charge < -0.3 is 10.2 Å². The van der Waals surface area contributed by atoms with E-state index in [4.69, 9.17) is 0 Å². The Balaban J connectivity index is 1.37. The van der Waals surface area contributed by atoms with E-state index in [1.807, 2.05) is 6.07 Å². The third-order valence-corrected chi connectivity index (χ3v) is 5.57. The number of rotatable bonds is 6. The lowest BCUT2D eigenvalue weighted by Gasteiger charge is -2.26. The highest BCUT2D eigenvalue weighted by Gasteiger charge is 2.34. The Hall–Kier alpha value is -2.99. The highest BCUT2D eigenvalue weighted by Crippen LogP contribution is 2.24. The number of piperidine rings is 1. The Morgan fingerprint density at radius 1 is 0.897 bits per heavy atom. The lowest BCUT2D eigenvalue weighted by Crippen LogP contribution is -2.37. The summed E-state index contributed by atoms with van der Waals surface area (Å²) in [7, 11) is 0. The van der Waals surface area contributed by atoms with Crippen LogP contribution >= 0.6 is 0 Å². The number of carbonyl (C=O) groups excluding carboxylic acids is 3. The van der Waals surface area contributed by atoms with Crippen molar-refractivity contribution in [1.82, 2.24) is 15.1 Å². The fraction of sp³-hybridized carbons (Fsp3) is 0.348. The Labute approximate surface area is 170 Å². The van der Waals surface area contributed by atoms with Crippen LogP contribution in [0.25, 0.3) is 0 Å². The zero-order chi connectivity index (χ0) is 20.2. The van der Waals surface area contributed by atoms with Crippen molar-refractivity contribution < 1.29 is 14.4 Å². The van der Waals surface area contributed by atoms with E-state index < -0.39 is 0 Å². The average Bonchev–Trinajstić information content (AvgIpc) is 3.00. The number of nitrogens with zero attached hydrogens (tertiary/aromatic N) is 2. The molecular weight excluding hydrogens is 366 g/mol. The van der Waals surface area contributed by atoms with Gasteiger partial charge in [0.15, 0.2) is 0 Å². The SMILES string of the molecule is O=C(NCCN1CCCCC1)c1cccc(CN2C(=O)c3ccccc3C2=O)c1. The monoisotopic (exact) mass is 391 g/mol. The van der Waals surface area contributed by atoms with E-state index in [1.54, 1.807) is 42.5 Å². The Morgan fingerprint density at radius 3 is 2.28 bits per heavy atom. The molecule has 0 unspecified atom stereocenters. The number of hydrogen-bond donors (Lipinski definition) is 1. The van der Waals surface area contributed by atoms with Crippen LogP contribution in [-0.4, -0.2) is 53.7 Å². The molecule has 2 aromatic carbocycles. The van der Waals surface area contributed by atoms with E-state index in [1.165, 1.54) is 24.2 Å². The van der Waals surface area contributed by atoms with Crippen molar-refractivity contribution in [2.24, 2.45) is 0 Å². The summed E-state index contributed by atoms with van der Waals surface area (Å²) < 4.78 is 0. The number of nitrogens with one attached hydrogen (secondary N) is 1. The molecule has 0 spiro atoms. The zero-order valence-electron chi connectivity index (χ0n) is 16.4. The van der Waals surface area contributed by atoms with Gasteiger partial charge in [0.2, 0.25) is 0 Å². The highest BCUT2D eigenvalue weighted by atomic mass is 16.2. The molecule has 6 nitrogen and oxygen atoms in total. The second kappa shape index (κ2) is 8.57. The molecule has 2 heterocycles. The van der Waals surface area contributed by atoms with Crippen molar-refractivity contribution in [3.8, 4) is 0 Å². The Bertz CT molecular complexity index is 899. The molecule has 0 radical (unpaired) electrons. The molecular formula is C23H25N3O3. The average molecular weight is 391 g/mol. The Kier molecular flexibility index (Phi) is 5.71. The maximum absolute atomic E-state index is 12.5. The molecule has 0 bridgehead atoms. The van der Waals surface area contributed by atoms with Crippen molar-refractivity contribution in [3.05, 3.63) is 70.8 Å². The largest absolute Gasteiger partial charge is 0.351 e. The van der Waals surface area contributed by atoms with Crippen LogP contribution in [0.1, 0.15) is 55.9 Å². The standard InChI is InChI=1S/C23H25N3O3/c27-21(24-11-14-25-12-4-1-5-13-25)18-8-6-7-17(15-18)16-26-22(28)19-9-2-3-10-20(19)23(26)29/h2-3,6-10,15H,1,4-5,11-14,16H2,(H,24,27). The quantitative estimate of drug-likeness (QED) is 0.769. The number of hydrogen-bond acceptors (Lipinski definition) is 4. The molecule has 3 amide bonds. The van der Waals surface area contributed by atoms with Crippen LogP contribution in [0.5, 0.6) is 0 Å². The van der Waals surface area contributed by atoms with Gasteiger partial charge in [0, 0.05) is 18.7 Å². The van der Waals surface area contributed by atoms with Gasteiger partial charge in [-0.05, 0) is 55.8 Å². The predicted molar refractivity (Wildman–Crippen MR) is 110 cm³/mol. The summed E-state index contributed by atoms with van der Waals surface area (Å²) in [4.78, 5) is 41.2. The topological polar surface area (TPSA) is 69.7 Å². The molecule has 4 rings (SSSR count). The fourth-order valence-electron chi connectivity index (χ4n) is 3.99. The van der Waals surface area contributed by atoms with Crippen LogP contribution < -0.4 is 5.32 Å². The van der Waals surface area contributed by atoms with Crippen molar-refractivity contribution in [2.45, 2.75) is 25.8 Å². The van der Waals surface area contributed by atoms with Crippen LogP contribution in [0.15, 0.2) is 48.5 Å². The zero-order valence-corrected chi connectivity index (χ0v) is 16.4. The van der Waals surface area contributed by atoms with Gasteiger partial charge in [-0.2, -0.15) is 0 Å². The predicted octanol–water partition coefficient (Wildman–Crippen LogP) is 2.70. The molecule has 0 atom stereocenters. The second-order valence-electron chi connectivity index (χ2n) is 7.60. The van der Waals surface area contributed by atoms with E-state index in [0.717, 1.165) is 25.2 Å². The molecule has 2 aliphatic heterocycles. The lowest BCUT2D eigenvalue weighted by atomic mass is 10.1. The van der Waals surface area contributed by atoms with Crippen LogP contribution in [0, 0.1) is 0 Å². The number of imide groups is 1. The smallest absolute Gasteiger partial charge is 0.261 e. The molecule has 1 N–H and O–H groups in total. The van der Waals surface area contributed by atoms with Crippen LogP contribution in [-0.2, 0) is 6.54 Å². The van der Waals surface area contributed by atoms with Gasteiger partial charge in [-0.3, -0.25) is 19.3 Å². The molecule has 0 aliphatic carbocycles. The highest BCUT2D eigenvalue weighted by molar-refractivity contribution is 6.21. The second-order valence-corrected chi connectivity index (χ2v) is 7.60. The summed E-state index contributed by atoms with van der Waals surface area (Å²) in [6.07, 6.45) is 3.75.